The van der Waals surface area contributed by atoms with Gasteiger partial charge >= 0.3 is 0 Å². The van der Waals surface area contributed by atoms with E-state index in [1.54, 1.807) is 18.2 Å². The van der Waals surface area contributed by atoms with E-state index < -0.39 is 0 Å². The number of carbonyl (C=O) groups excluding carboxylic acids is 1. The molecule has 5 heteroatoms. The molecule has 0 aliphatic carbocycles. The van der Waals surface area contributed by atoms with Crippen molar-refractivity contribution in [1.82, 2.24) is 10.2 Å². The highest BCUT2D eigenvalue weighted by Gasteiger charge is 2.21. The van der Waals surface area contributed by atoms with Gasteiger partial charge in [0.1, 0.15) is 0 Å². The number of amides is 1. The molecule has 0 bridgehead atoms. The van der Waals surface area contributed by atoms with E-state index in [4.69, 9.17) is 11.6 Å². The van der Waals surface area contributed by atoms with Crippen LogP contribution in [0.25, 0.3) is 0 Å². The summed E-state index contributed by atoms with van der Waals surface area (Å²) in [6, 6.07) is 5.64. The summed E-state index contributed by atoms with van der Waals surface area (Å²) in [5, 5.41) is 3.89. The molecular weight excluding hydrogens is 304 g/mol. The number of piperazine rings is 1. The van der Waals surface area contributed by atoms with Gasteiger partial charge in [-0.25, -0.2) is 0 Å². The zero-order valence-corrected chi connectivity index (χ0v) is 11.9. The zero-order valence-electron chi connectivity index (χ0n) is 9.54. The molecule has 1 N–H and O–H groups in total. The highest BCUT2D eigenvalue weighted by molar-refractivity contribution is 9.10. The van der Waals surface area contributed by atoms with Crippen LogP contribution >= 0.6 is 27.5 Å². The SMILES string of the molecule is C[C@@H]1CN(C(=O)c2cc(Cl)cc(Br)c2)CCN1. The molecule has 1 aromatic rings. The molecule has 1 saturated heterocycles. The van der Waals surface area contributed by atoms with E-state index in [0.717, 1.165) is 24.1 Å². The summed E-state index contributed by atoms with van der Waals surface area (Å²) in [7, 11) is 0. The fourth-order valence-corrected chi connectivity index (χ4v) is 2.84. The molecule has 2 rings (SSSR count). The Morgan fingerprint density at radius 1 is 1.53 bits per heavy atom. The van der Waals surface area contributed by atoms with Gasteiger partial charge in [0.2, 0.25) is 0 Å². The Hall–Kier alpha value is -0.580. The Morgan fingerprint density at radius 3 is 2.94 bits per heavy atom. The maximum atomic E-state index is 12.3. The smallest absolute Gasteiger partial charge is 0.254 e. The minimum atomic E-state index is 0.0431. The second-order valence-electron chi connectivity index (χ2n) is 4.26. The van der Waals surface area contributed by atoms with Crippen LogP contribution in [0.2, 0.25) is 5.02 Å². The first-order valence-electron chi connectivity index (χ1n) is 5.55. The first-order valence-corrected chi connectivity index (χ1v) is 6.72. The number of rotatable bonds is 1. The lowest BCUT2D eigenvalue weighted by Gasteiger charge is -2.32. The molecule has 1 amide bonds. The third-order valence-corrected chi connectivity index (χ3v) is 3.44. The first kappa shape index (κ1) is 12.9. The van der Waals surface area contributed by atoms with Gasteiger partial charge < -0.3 is 10.2 Å². The van der Waals surface area contributed by atoms with Crippen LogP contribution < -0.4 is 5.32 Å². The Bertz CT molecular complexity index is 418. The lowest BCUT2D eigenvalue weighted by Crippen LogP contribution is -2.51. The number of hydrogen-bond acceptors (Lipinski definition) is 2. The summed E-state index contributed by atoms with van der Waals surface area (Å²) in [6.07, 6.45) is 0. The van der Waals surface area contributed by atoms with Crippen molar-refractivity contribution in [3.8, 4) is 0 Å². The average Bonchev–Trinajstić information content (AvgIpc) is 2.26. The normalized spacial score (nSPS) is 20.4. The molecule has 3 nitrogen and oxygen atoms in total. The van der Waals surface area contributed by atoms with Gasteiger partial charge in [-0.15, -0.1) is 0 Å². The van der Waals surface area contributed by atoms with Gasteiger partial charge in [0.25, 0.3) is 5.91 Å². The van der Waals surface area contributed by atoms with E-state index in [1.807, 2.05) is 4.90 Å². The summed E-state index contributed by atoms with van der Waals surface area (Å²) in [5.74, 6) is 0.0431. The first-order chi connectivity index (χ1) is 8.06. The van der Waals surface area contributed by atoms with Gasteiger partial charge in [-0.3, -0.25) is 4.79 Å². The lowest BCUT2D eigenvalue weighted by atomic mass is 10.1. The molecule has 1 aliphatic heterocycles. The van der Waals surface area contributed by atoms with Crippen molar-refractivity contribution in [2.24, 2.45) is 0 Å². The summed E-state index contributed by atoms with van der Waals surface area (Å²) in [4.78, 5) is 14.1. The zero-order chi connectivity index (χ0) is 12.4. The van der Waals surface area contributed by atoms with Gasteiger partial charge in [0.05, 0.1) is 0 Å². The molecule has 0 spiro atoms. The molecule has 1 aromatic carbocycles. The molecule has 0 aromatic heterocycles. The maximum absolute atomic E-state index is 12.3. The van der Waals surface area contributed by atoms with Crippen molar-refractivity contribution < 1.29 is 4.79 Å². The molecular formula is C12H14BrClN2O. The van der Waals surface area contributed by atoms with Crippen LogP contribution in [0.5, 0.6) is 0 Å². The van der Waals surface area contributed by atoms with E-state index in [2.05, 4.69) is 28.2 Å². The molecule has 17 heavy (non-hydrogen) atoms. The maximum Gasteiger partial charge on any atom is 0.254 e. The van der Waals surface area contributed by atoms with Crippen molar-refractivity contribution in [3.05, 3.63) is 33.3 Å². The largest absolute Gasteiger partial charge is 0.336 e. The number of benzene rings is 1. The number of hydrogen-bond donors (Lipinski definition) is 1. The monoisotopic (exact) mass is 316 g/mol. The second-order valence-corrected chi connectivity index (χ2v) is 5.62. The fraction of sp³-hybridized carbons (Fsp3) is 0.417. The Labute approximate surface area is 114 Å². The lowest BCUT2D eigenvalue weighted by molar-refractivity contribution is 0.0709. The van der Waals surface area contributed by atoms with E-state index in [0.29, 0.717) is 16.6 Å². The molecule has 1 aliphatic rings. The molecule has 0 radical (unpaired) electrons. The predicted molar refractivity (Wildman–Crippen MR) is 72.5 cm³/mol. The average molecular weight is 318 g/mol. The van der Waals surface area contributed by atoms with Crippen LogP contribution in [0, 0.1) is 0 Å². The van der Waals surface area contributed by atoms with Crippen molar-refractivity contribution >= 4 is 33.4 Å². The minimum Gasteiger partial charge on any atom is -0.336 e. The minimum absolute atomic E-state index is 0.0431. The summed E-state index contributed by atoms with van der Waals surface area (Å²) < 4.78 is 0.830. The fourth-order valence-electron chi connectivity index (χ4n) is 1.98. The van der Waals surface area contributed by atoms with Crippen molar-refractivity contribution in [2.75, 3.05) is 19.6 Å². The van der Waals surface area contributed by atoms with Crippen LogP contribution in [-0.4, -0.2) is 36.5 Å². The van der Waals surface area contributed by atoms with Crippen molar-refractivity contribution in [1.29, 1.82) is 0 Å². The van der Waals surface area contributed by atoms with Gasteiger partial charge in [-0.1, -0.05) is 27.5 Å². The standard InChI is InChI=1S/C12H14BrClN2O/c1-8-7-16(3-2-15-8)12(17)9-4-10(13)6-11(14)5-9/h4-6,8,15H,2-3,7H2,1H3/t8-/m1/s1. The van der Waals surface area contributed by atoms with Gasteiger partial charge in [-0.05, 0) is 25.1 Å². The van der Waals surface area contributed by atoms with E-state index in [-0.39, 0.29) is 5.91 Å². The third kappa shape index (κ3) is 3.21. The van der Waals surface area contributed by atoms with Crippen LogP contribution in [0.4, 0.5) is 0 Å². The Morgan fingerprint density at radius 2 is 2.29 bits per heavy atom. The van der Waals surface area contributed by atoms with E-state index in [1.165, 1.54) is 0 Å². The molecule has 0 saturated carbocycles. The van der Waals surface area contributed by atoms with E-state index in [9.17, 15) is 4.79 Å². The molecule has 0 unspecified atom stereocenters. The van der Waals surface area contributed by atoms with Crippen LogP contribution in [0.15, 0.2) is 22.7 Å². The van der Waals surface area contributed by atoms with Crippen molar-refractivity contribution in [3.63, 3.8) is 0 Å². The second kappa shape index (κ2) is 5.38. The van der Waals surface area contributed by atoms with E-state index >= 15 is 0 Å². The third-order valence-electron chi connectivity index (χ3n) is 2.77. The molecule has 1 atom stereocenters. The van der Waals surface area contributed by atoms with Crippen LogP contribution in [0.3, 0.4) is 0 Å². The van der Waals surface area contributed by atoms with Gasteiger partial charge in [-0.2, -0.15) is 0 Å². The molecule has 1 heterocycles. The number of halogens is 2. The van der Waals surface area contributed by atoms with Crippen LogP contribution in [-0.2, 0) is 0 Å². The van der Waals surface area contributed by atoms with Gasteiger partial charge in [0.15, 0.2) is 0 Å². The predicted octanol–water partition coefficient (Wildman–Crippen LogP) is 2.54. The van der Waals surface area contributed by atoms with Crippen LogP contribution in [0.1, 0.15) is 17.3 Å². The highest BCUT2D eigenvalue weighted by atomic mass is 79.9. The Kier molecular flexibility index (Phi) is 4.07. The highest BCUT2D eigenvalue weighted by Crippen LogP contribution is 2.21. The Balaban J connectivity index is 2.18. The molecule has 92 valence electrons. The summed E-state index contributed by atoms with van der Waals surface area (Å²) in [6.45, 7) is 4.40. The summed E-state index contributed by atoms with van der Waals surface area (Å²) >= 11 is 9.30. The molecule has 1 fully saturated rings. The topological polar surface area (TPSA) is 32.3 Å². The number of nitrogens with one attached hydrogen (secondary N) is 1. The summed E-state index contributed by atoms with van der Waals surface area (Å²) in [5.41, 5.74) is 0.637. The number of nitrogens with zero attached hydrogens (tertiary/aromatic N) is 1. The van der Waals surface area contributed by atoms with Gasteiger partial charge in [0, 0.05) is 40.7 Å². The quantitative estimate of drug-likeness (QED) is 0.863. The van der Waals surface area contributed by atoms with Crippen molar-refractivity contribution in [2.45, 2.75) is 13.0 Å². The number of carbonyl (C=O) groups is 1.